The van der Waals surface area contributed by atoms with Crippen molar-refractivity contribution in [2.45, 2.75) is 6.61 Å². The molecule has 1 aromatic rings. The number of ether oxygens (including phenoxy) is 1. The van der Waals surface area contributed by atoms with Gasteiger partial charge in [0.25, 0.3) is 6.45 Å². The Kier molecular flexibility index (Phi) is 2.61. The fraction of sp³-hybridized carbons (Fsp3) is 0.222. The van der Waals surface area contributed by atoms with Crippen LogP contribution in [0.1, 0.15) is 6.93 Å². The lowest BCUT2D eigenvalue weighted by atomic mass is 10.2. The molecular weight excluding hydrogens is 154 g/mol. The zero-order chi connectivity index (χ0) is 9.68. The Labute approximate surface area is 72.8 Å². The summed E-state index contributed by atoms with van der Waals surface area (Å²) in [5, 5.41) is 2.97. The maximum atomic E-state index is 10.2. The molecule has 0 aliphatic heterocycles. The van der Waals surface area contributed by atoms with Gasteiger partial charge in [0.2, 0.25) is 0 Å². The summed E-state index contributed by atoms with van der Waals surface area (Å²) in [7, 11) is 1.83. The second-order valence-electron chi connectivity index (χ2n) is 2.32. The van der Waals surface area contributed by atoms with Gasteiger partial charge in [0, 0.05) is 12.7 Å². The summed E-state index contributed by atoms with van der Waals surface area (Å²) in [4.78, 5) is 10.2. The second-order valence-corrected chi connectivity index (χ2v) is 2.32. The first kappa shape index (κ1) is 7.16. The van der Waals surface area contributed by atoms with E-state index in [-0.39, 0.29) is 6.61 Å². The van der Waals surface area contributed by atoms with Crippen LogP contribution in [0, 0.1) is 0 Å². The van der Waals surface area contributed by atoms with Crippen molar-refractivity contribution >= 4 is 12.1 Å². The van der Waals surface area contributed by atoms with Crippen LogP contribution in [0.25, 0.3) is 0 Å². The molecule has 1 rings (SSSR count). The number of hydrogen-bond acceptors (Lipinski definition) is 3. The number of nitrogens with one attached hydrogen (secondary N) is 1. The molecule has 0 saturated heterocycles. The van der Waals surface area contributed by atoms with Crippen molar-refractivity contribution in [3.8, 4) is 0 Å². The van der Waals surface area contributed by atoms with Gasteiger partial charge in [0.15, 0.2) is 1.37 Å². The molecule has 1 aromatic carbocycles. The minimum atomic E-state index is -1.00. The molecule has 0 atom stereocenters. The zero-order valence-electron chi connectivity index (χ0n) is 7.83. The Balaban J connectivity index is 2.54. The van der Waals surface area contributed by atoms with Gasteiger partial charge in [0.05, 0.1) is 0 Å². The Hall–Kier alpha value is -1.51. The third-order valence-corrected chi connectivity index (χ3v) is 1.54. The summed E-state index contributed by atoms with van der Waals surface area (Å²) < 4.78 is 11.0. The quantitative estimate of drug-likeness (QED) is 0.690. The lowest BCUT2D eigenvalue weighted by molar-refractivity contribution is -0.129. The van der Waals surface area contributed by atoms with E-state index >= 15 is 0 Å². The highest BCUT2D eigenvalue weighted by atomic mass is 16.5. The predicted molar refractivity (Wildman–Crippen MR) is 46.8 cm³/mol. The van der Waals surface area contributed by atoms with Crippen LogP contribution in [0.2, 0.25) is 0 Å². The highest BCUT2D eigenvalue weighted by Gasteiger charge is 1.91. The zero-order valence-corrected chi connectivity index (χ0v) is 6.83. The summed E-state index contributed by atoms with van der Waals surface area (Å²) in [5.41, 5.74) is 1.88. The van der Waals surface area contributed by atoms with Gasteiger partial charge in [-0.05, 0) is 17.7 Å². The van der Waals surface area contributed by atoms with Crippen LogP contribution in [-0.2, 0) is 16.1 Å². The van der Waals surface area contributed by atoms with Crippen molar-refractivity contribution in [1.29, 1.82) is 0 Å². The minimum Gasteiger partial charge on any atom is -0.463 e. The Bertz CT molecular complexity index is 284. The van der Waals surface area contributed by atoms with Gasteiger partial charge in [-0.2, -0.15) is 0 Å². The highest BCUT2D eigenvalue weighted by Crippen LogP contribution is 2.08. The van der Waals surface area contributed by atoms with Crippen LogP contribution < -0.4 is 5.32 Å². The van der Waals surface area contributed by atoms with E-state index in [1.807, 2.05) is 31.3 Å². The largest absolute Gasteiger partial charge is 0.463 e. The Morgan fingerprint density at radius 3 is 2.75 bits per heavy atom. The highest BCUT2D eigenvalue weighted by molar-refractivity contribution is 5.44. The smallest absolute Gasteiger partial charge is 0.293 e. The van der Waals surface area contributed by atoms with Crippen molar-refractivity contribution < 1.29 is 10.9 Å². The van der Waals surface area contributed by atoms with Crippen molar-refractivity contribution in [2.24, 2.45) is 0 Å². The van der Waals surface area contributed by atoms with Gasteiger partial charge in [-0.25, -0.2) is 0 Å². The number of rotatable bonds is 3. The molecule has 0 saturated carbocycles. The lowest BCUT2D eigenvalue weighted by Gasteiger charge is -2.01. The first-order valence-corrected chi connectivity index (χ1v) is 3.62. The SMILES string of the molecule is [2H]C(=O)OCc1ccc(NC)cc1. The van der Waals surface area contributed by atoms with Gasteiger partial charge in [-0.15, -0.1) is 0 Å². The molecule has 12 heavy (non-hydrogen) atoms. The normalized spacial score (nSPS) is 10.2. The molecule has 3 heteroatoms. The molecule has 0 radical (unpaired) electrons. The van der Waals surface area contributed by atoms with Gasteiger partial charge >= 0.3 is 0 Å². The maximum absolute atomic E-state index is 10.2. The summed E-state index contributed by atoms with van der Waals surface area (Å²) >= 11 is 0. The fourth-order valence-corrected chi connectivity index (χ4v) is 0.880. The van der Waals surface area contributed by atoms with Gasteiger partial charge in [0.1, 0.15) is 6.61 Å². The van der Waals surface area contributed by atoms with E-state index in [2.05, 4.69) is 10.1 Å². The third-order valence-electron chi connectivity index (χ3n) is 1.54. The first-order valence-electron chi connectivity index (χ1n) is 4.12. The molecular formula is C9H11NO2. The fourth-order valence-electron chi connectivity index (χ4n) is 0.880. The molecule has 64 valence electrons. The van der Waals surface area contributed by atoms with Crippen LogP contribution in [0.5, 0.6) is 0 Å². The second kappa shape index (κ2) is 4.38. The van der Waals surface area contributed by atoms with E-state index in [1.54, 1.807) is 0 Å². The van der Waals surface area contributed by atoms with Crippen LogP contribution in [0.3, 0.4) is 0 Å². The van der Waals surface area contributed by atoms with E-state index in [4.69, 9.17) is 1.37 Å². The number of hydrogen-bond donors (Lipinski definition) is 1. The number of carbonyl (C=O) groups is 1. The van der Waals surface area contributed by atoms with Crippen LogP contribution >= 0.6 is 0 Å². The van der Waals surface area contributed by atoms with Crippen molar-refractivity contribution in [1.82, 2.24) is 0 Å². The predicted octanol–water partition coefficient (Wildman–Crippen LogP) is 1.40. The number of benzene rings is 1. The molecule has 0 heterocycles. The molecule has 0 amide bonds. The summed E-state index contributed by atoms with van der Waals surface area (Å²) in [6, 6.07) is 7.45. The number of carbonyl (C=O) groups excluding carboxylic acids is 1. The first-order chi connectivity index (χ1) is 6.22. The van der Waals surface area contributed by atoms with Gasteiger partial charge in [-0.3, -0.25) is 4.79 Å². The summed E-state index contributed by atoms with van der Waals surface area (Å²) in [6.07, 6.45) is -1.00. The Morgan fingerprint density at radius 1 is 1.58 bits per heavy atom. The molecule has 0 aliphatic rings. The summed E-state index contributed by atoms with van der Waals surface area (Å²) in [6.45, 7) is 0.159. The number of anilines is 1. The van der Waals surface area contributed by atoms with Crippen LogP contribution in [-0.4, -0.2) is 13.5 Å². The molecule has 0 fully saturated rings. The molecule has 0 unspecified atom stereocenters. The van der Waals surface area contributed by atoms with Crippen LogP contribution in [0.4, 0.5) is 5.69 Å². The third kappa shape index (κ3) is 2.27. The molecule has 0 aromatic heterocycles. The van der Waals surface area contributed by atoms with E-state index < -0.39 is 6.45 Å². The minimum absolute atomic E-state index is 0.159. The van der Waals surface area contributed by atoms with E-state index in [1.165, 1.54) is 0 Å². The van der Waals surface area contributed by atoms with E-state index in [0.717, 1.165) is 11.3 Å². The molecule has 0 bridgehead atoms. The van der Waals surface area contributed by atoms with Gasteiger partial charge in [-0.1, -0.05) is 12.1 Å². The lowest BCUT2D eigenvalue weighted by Crippen LogP contribution is -1.91. The maximum Gasteiger partial charge on any atom is 0.293 e. The molecule has 0 aliphatic carbocycles. The average molecular weight is 166 g/mol. The van der Waals surface area contributed by atoms with Crippen molar-refractivity contribution in [2.75, 3.05) is 12.4 Å². The van der Waals surface area contributed by atoms with E-state index in [9.17, 15) is 4.79 Å². The monoisotopic (exact) mass is 166 g/mol. The van der Waals surface area contributed by atoms with Crippen LogP contribution in [0.15, 0.2) is 24.3 Å². The Morgan fingerprint density at radius 2 is 2.25 bits per heavy atom. The summed E-state index contributed by atoms with van der Waals surface area (Å²) in [5.74, 6) is 0. The van der Waals surface area contributed by atoms with Gasteiger partial charge < -0.3 is 10.1 Å². The average Bonchev–Trinajstić information content (AvgIpc) is 2.15. The standard InChI is InChI=1S/C9H11NO2/c1-10-9-4-2-8(3-5-9)6-12-7-11/h2-5,7,10H,6H2,1H3/i7D. The topological polar surface area (TPSA) is 38.3 Å². The van der Waals surface area contributed by atoms with E-state index in [0.29, 0.717) is 0 Å². The van der Waals surface area contributed by atoms with Crippen molar-refractivity contribution in [3.63, 3.8) is 0 Å². The molecule has 3 nitrogen and oxygen atoms in total. The molecule has 0 spiro atoms. The van der Waals surface area contributed by atoms with Crippen molar-refractivity contribution in [3.05, 3.63) is 29.8 Å². The molecule has 1 N–H and O–H groups in total.